The lowest BCUT2D eigenvalue weighted by atomic mass is 10.0. The third-order valence-corrected chi connectivity index (χ3v) is 3.53. The lowest BCUT2D eigenvalue weighted by Crippen LogP contribution is -2.63. The number of alkyl halides is 3. The summed E-state index contributed by atoms with van der Waals surface area (Å²) in [6.45, 7) is 0.328. The van der Waals surface area contributed by atoms with Gasteiger partial charge in [0.05, 0.1) is 0 Å². The van der Waals surface area contributed by atoms with E-state index in [4.69, 9.17) is 5.11 Å². The number of hydrogen-bond acceptors (Lipinski definition) is 2. The first kappa shape index (κ1) is 17.3. The van der Waals surface area contributed by atoms with E-state index in [0.717, 1.165) is 0 Å². The van der Waals surface area contributed by atoms with Crippen molar-refractivity contribution in [2.75, 3.05) is 0 Å². The molecule has 1 atom stereocenters. The third kappa shape index (κ3) is 4.10. The molecule has 0 aromatic heterocycles. The molecule has 1 rings (SSSR count). The number of halogens is 4. The van der Waals surface area contributed by atoms with Gasteiger partial charge in [0.25, 0.3) is 0 Å². The SMILES string of the molecule is CC(NC(=O)NCc1ccccc1Br)(C(=O)O)C(F)(F)F. The smallest absolute Gasteiger partial charge is 0.422 e. The van der Waals surface area contributed by atoms with E-state index in [1.54, 1.807) is 24.3 Å². The minimum Gasteiger partial charge on any atom is -0.479 e. The van der Waals surface area contributed by atoms with Crippen molar-refractivity contribution in [3.63, 3.8) is 0 Å². The van der Waals surface area contributed by atoms with Gasteiger partial charge in [-0.1, -0.05) is 34.1 Å². The summed E-state index contributed by atoms with van der Waals surface area (Å²) >= 11 is 3.22. The van der Waals surface area contributed by atoms with Crippen LogP contribution in [0.4, 0.5) is 18.0 Å². The second kappa shape index (κ2) is 6.33. The Balaban J connectivity index is 2.73. The summed E-state index contributed by atoms with van der Waals surface area (Å²) < 4.78 is 38.8. The molecule has 0 aliphatic carbocycles. The molecule has 1 aromatic rings. The topological polar surface area (TPSA) is 78.4 Å². The second-order valence-electron chi connectivity index (χ2n) is 4.33. The number of rotatable bonds is 4. The highest BCUT2D eigenvalue weighted by Crippen LogP contribution is 2.30. The highest BCUT2D eigenvalue weighted by molar-refractivity contribution is 9.10. The average molecular weight is 369 g/mol. The van der Waals surface area contributed by atoms with Gasteiger partial charge >= 0.3 is 18.2 Å². The van der Waals surface area contributed by atoms with Gasteiger partial charge in [-0.05, 0) is 18.6 Å². The average Bonchev–Trinajstić information content (AvgIpc) is 2.36. The molecule has 0 aliphatic rings. The maximum absolute atomic E-state index is 12.7. The molecule has 0 aliphatic heterocycles. The van der Waals surface area contributed by atoms with E-state index in [0.29, 0.717) is 17.0 Å². The van der Waals surface area contributed by atoms with Crippen molar-refractivity contribution >= 4 is 27.9 Å². The lowest BCUT2D eigenvalue weighted by molar-refractivity contribution is -0.203. The van der Waals surface area contributed by atoms with Crippen molar-refractivity contribution in [2.45, 2.75) is 25.2 Å². The Bertz CT molecular complexity index is 551. The van der Waals surface area contributed by atoms with Crippen LogP contribution in [0.15, 0.2) is 28.7 Å². The van der Waals surface area contributed by atoms with Crippen molar-refractivity contribution in [1.29, 1.82) is 0 Å². The Morgan fingerprint density at radius 1 is 1.29 bits per heavy atom. The Hall–Kier alpha value is -1.77. The van der Waals surface area contributed by atoms with Crippen LogP contribution in [-0.2, 0) is 11.3 Å². The molecule has 5 nitrogen and oxygen atoms in total. The Morgan fingerprint density at radius 3 is 2.33 bits per heavy atom. The standard InChI is InChI=1S/C12H12BrF3N2O3/c1-11(9(19)20,12(14,15)16)18-10(21)17-6-7-4-2-3-5-8(7)13/h2-5H,6H2,1H3,(H,19,20)(H2,17,18,21). The molecule has 0 heterocycles. The van der Waals surface area contributed by atoms with Crippen LogP contribution in [0.3, 0.4) is 0 Å². The van der Waals surface area contributed by atoms with Crippen molar-refractivity contribution in [3.05, 3.63) is 34.3 Å². The molecule has 3 N–H and O–H groups in total. The number of carbonyl (C=O) groups is 2. The van der Waals surface area contributed by atoms with Crippen LogP contribution in [0.2, 0.25) is 0 Å². The maximum atomic E-state index is 12.7. The summed E-state index contributed by atoms with van der Waals surface area (Å²) in [4.78, 5) is 22.3. The number of carbonyl (C=O) groups excluding carboxylic acids is 1. The Labute approximate surface area is 126 Å². The van der Waals surface area contributed by atoms with E-state index < -0.39 is 23.7 Å². The summed E-state index contributed by atoms with van der Waals surface area (Å²) in [7, 11) is 0. The molecule has 1 aromatic carbocycles. The number of amides is 2. The zero-order valence-electron chi connectivity index (χ0n) is 10.8. The van der Waals surface area contributed by atoms with Crippen molar-refractivity contribution in [2.24, 2.45) is 0 Å². The zero-order valence-corrected chi connectivity index (χ0v) is 12.4. The van der Waals surface area contributed by atoms with Crippen LogP contribution in [0.25, 0.3) is 0 Å². The van der Waals surface area contributed by atoms with Crippen molar-refractivity contribution in [1.82, 2.24) is 10.6 Å². The van der Waals surface area contributed by atoms with Gasteiger partial charge in [0.2, 0.25) is 5.54 Å². The van der Waals surface area contributed by atoms with E-state index in [1.165, 1.54) is 5.32 Å². The molecule has 1 unspecified atom stereocenters. The van der Waals surface area contributed by atoms with Crippen molar-refractivity contribution < 1.29 is 27.9 Å². The highest BCUT2D eigenvalue weighted by Gasteiger charge is 2.58. The van der Waals surface area contributed by atoms with Gasteiger partial charge in [0, 0.05) is 11.0 Å². The number of nitrogens with one attached hydrogen (secondary N) is 2. The molecule has 0 bridgehead atoms. The molecule has 0 radical (unpaired) electrons. The normalized spacial score (nSPS) is 14.1. The number of urea groups is 1. The molecular formula is C12H12BrF3N2O3. The van der Waals surface area contributed by atoms with Crippen LogP contribution >= 0.6 is 15.9 Å². The Morgan fingerprint density at radius 2 is 1.86 bits per heavy atom. The number of benzene rings is 1. The first-order chi connectivity index (χ1) is 9.58. The maximum Gasteiger partial charge on any atom is 0.422 e. The number of hydrogen-bond donors (Lipinski definition) is 3. The van der Waals surface area contributed by atoms with E-state index >= 15 is 0 Å². The van der Waals surface area contributed by atoms with Crippen LogP contribution in [-0.4, -0.2) is 28.8 Å². The summed E-state index contributed by atoms with van der Waals surface area (Å²) in [5, 5.41) is 12.3. The van der Waals surface area contributed by atoms with Gasteiger partial charge < -0.3 is 15.7 Å². The van der Waals surface area contributed by atoms with Gasteiger partial charge in [-0.2, -0.15) is 13.2 Å². The fraction of sp³-hybridized carbons (Fsp3) is 0.333. The molecule has 116 valence electrons. The fourth-order valence-electron chi connectivity index (χ4n) is 1.33. The summed E-state index contributed by atoms with van der Waals surface area (Å²) in [6, 6.07) is 5.56. The molecule has 0 fully saturated rings. The predicted molar refractivity (Wildman–Crippen MR) is 71.6 cm³/mol. The van der Waals surface area contributed by atoms with Crippen molar-refractivity contribution in [3.8, 4) is 0 Å². The van der Waals surface area contributed by atoms with Gasteiger partial charge in [0.15, 0.2) is 0 Å². The minimum atomic E-state index is -5.12. The minimum absolute atomic E-state index is 0.0547. The highest BCUT2D eigenvalue weighted by atomic mass is 79.9. The first-order valence-electron chi connectivity index (χ1n) is 5.67. The number of carboxylic acid groups (broad SMARTS) is 1. The quantitative estimate of drug-likeness (QED) is 0.764. The molecule has 0 saturated carbocycles. The summed E-state index contributed by atoms with van der Waals surface area (Å²) in [5.41, 5.74) is -2.72. The summed E-state index contributed by atoms with van der Waals surface area (Å²) in [6.07, 6.45) is -5.12. The number of aliphatic carboxylic acids is 1. The molecule has 9 heteroatoms. The van der Waals surface area contributed by atoms with Crippen LogP contribution in [0, 0.1) is 0 Å². The largest absolute Gasteiger partial charge is 0.479 e. The molecule has 2 amide bonds. The Kier molecular flexibility index (Phi) is 5.21. The predicted octanol–water partition coefficient (Wildman–Crippen LogP) is 2.65. The van der Waals surface area contributed by atoms with E-state index in [9.17, 15) is 22.8 Å². The second-order valence-corrected chi connectivity index (χ2v) is 5.18. The summed E-state index contributed by atoms with van der Waals surface area (Å²) in [5.74, 6) is -2.19. The monoisotopic (exact) mass is 368 g/mol. The van der Waals surface area contributed by atoms with Crippen LogP contribution in [0.1, 0.15) is 12.5 Å². The molecule has 0 spiro atoms. The molecule has 21 heavy (non-hydrogen) atoms. The zero-order chi connectivity index (χ0) is 16.3. The number of carboxylic acids is 1. The van der Waals surface area contributed by atoms with Gasteiger partial charge in [-0.15, -0.1) is 0 Å². The van der Waals surface area contributed by atoms with Crippen LogP contribution in [0.5, 0.6) is 0 Å². The third-order valence-electron chi connectivity index (χ3n) is 2.76. The van der Waals surface area contributed by atoms with E-state index in [1.807, 2.05) is 0 Å². The van der Waals surface area contributed by atoms with E-state index in [2.05, 4.69) is 21.2 Å². The van der Waals surface area contributed by atoms with Gasteiger partial charge in [-0.25, -0.2) is 9.59 Å². The molecule has 0 saturated heterocycles. The van der Waals surface area contributed by atoms with Crippen LogP contribution < -0.4 is 10.6 Å². The molecular weight excluding hydrogens is 357 g/mol. The first-order valence-corrected chi connectivity index (χ1v) is 6.47. The fourth-order valence-corrected chi connectivity index (χ4v) is 1.76. The lowest BCUT2D eigenvalue weighted by Gasteiger charge is -2.28. The van der Waals surface area contributed by atoms with Gasteiger partial charge in [0.1, 0.15) is 0 Å². The van der Waals surface area contributed by atoms with E-state index in [-0.39, 0.29) is 6.54 Å². The van der Waals surface area contributed by atoms with Gasteiger partial charge in [-0.3, -0.25) is 0 Å².